The number of rotatable bonds is 2. The lowest BCUT2D eigenvalue weighted by molar-refractivity contribution is 0.0494. The molecule has 0 bridgehead atoms. The van der Waals surface area contributed by atoms with Crippen molar-refractivity contribution < 1.29 is 4.79 Å². The molecular formula is C12H18N4O. The fourth-order valence-electron chi connectivity index (χ4n) is 2.19. The number of nitrogens with zero attached hydrogens (tertiary/aromatic N) is 4. The summed E-state index contributed by atoms with van der Waals surface area (Å²) in [4.78, 5) is 24.3. The first-order valence-electron chi connectivity index (χ1n) is 6.01. The van der Waals surface area contributed by atoms with E-state index in [-0.39, 0.29) is 11.9 Å². The van der Waals surface area contributed by atoms with Crippen molar-refractivity contribution in [3.8, 4) is 0 Å². The molecule has 0 aliphatic carbocycles. The SMILES string of the molecule is CCN1CCN(C(=O)c2ccncn2)[C@@H](C)C1. The van der Waals surface area contributed by atoms with Gasteiger partial charge in [0.05, 0.1) is 0 Å². The van der Waals surface area contributed by atoms with Gasteiger partial charge in [0.1, 0.15) is 12.0 Å². The molecule has 1 fully saturated rings. The first kappa shape index (κ1) is 12.0. The Bertz CT molecular complexity index is 381. The van der Waals surface area contributed by atoms with Crippen molar-refractivity contribution >= 4 is 5.91 Å². The van der Waals surface area contributed by atoms with E-state index in [1.54, 1.807) is 12.3 Å². The fourth-order valence-corrected chi connectivity index (χ4v) is 2.19. The lowest BCUT2D eigenvalue weighted by Gasteiger charge is -2.39. The molecule has 2 heterocycles. The van der Waals surface area contributed by atoms with Gasteiger partial charge in [-0.2, -0.15) is 0 Å². The number of carbonyl (C=O) groups excluding carboxylic acids is 1. The number of likely N-dealkylation sites (N-methyl/N-ethyl adjacent to an activating group) is 1. The summed E-state index contributed by atoms with van der Waals surface area (Å²) in [6.45, 7) is 7.93. The van der Waals surface area contributed by atoms with Crippen LogP contribution in [0.5, 0.6) is 0 Å². The monoisotopic (exact) mass is 234 g/mol. The third-order valence-electron chi connectivity index (χ3n) is 3.22. The highest BCUT2D eigenvalue weighted by molar-refractivity contribution is 5.92. The number of carbonyl (C=O) groups is 1. The van der Waals surface area contributed by atoms with E-state index in [9.17, 15) is 4.79 Å². The minimum Gasteiger partial charge on any atom is -0.332 e. The van der Waals surface area contributed by atoms with Crippen LogP contribution in [0, 0.1) is 0 Å². The molecule has 0 aromatic carbocycles. The van der Waals surface area contributed by atoms with Crippen molar-refractivity contribution in [1.82, 2.24) is 19.8 Å². The molecule has 1 saturated heterocycles. The summed E-state index contributed by atoms with van der Waals surface area (Å²) in [5.41, 5.74) is 0.483. The standard InChI is InChI=1S/C12H18N4O/c1-3-15-6-7-16(10(2)8-15)12(17)11-4-5-13-9-14-11/h4-5,9-10H,3,6-8H2,1-2H3/t10-/m0/s1. The van der Waals surface area contributed by atoms with Crippen LogP contribution in [0.15, 0.2) is 18.6 Å². The molecule has 1 aromatic rings. The van der Waals surface area contributed by atoms with Crippen molar-refractivity contribution in [3.05, 3.63) is 24.3 Å². The van der Waals surface area contributed by atoms with E-state index in [2.05, 4.69) is 28.7 Å². The Balaban J connectivity index is 2.06. The van der Waals surface area contributed by atoms with Crippen LogP contribution >= 0.6 is 0 Å². The molecule has 1 amide bonds. The molecule has 1 aromatic heterocycles. The first-order chi connectivity index (χ1) is 8.22. The highest BCUT2D eigenvalue weighted by Gasteiger charge is 2.27. The third kappa shape index (κ3) is 2.61. The maximum atomic E-state index is 12.2. The van der Waals surface area contributed by atoms with Crippen LogP contribution < -0.4 is 0 Å². The van der Waals surface area contributed by atoms with Gasteiger partial charge in [0.2, 0.25) is 0 Å². The summed E-state index contributed by atoms with van der Waals surface area (Å²) in [6, 6.07) is 1.91. The van der Waals surface area contributed by atoms with Gasteiger partial charge in [0.15, 0.2) is 0 Å². The summed E-state index contributed by atoms with van der Waals surface area (Å²) >= 11 is 0. The number of piperazine rings is 1. The van der Waals surface area contributed by atoms with E-state index in [0.717, 1.165) is 26.2 Å². The van der Waals surface area contributed by atoms with Gasteiger partial charge in [-0.3, -0.25) is 9.69 Å². The molecule has 1 aliphatic heterocycles. The van der Waals surface area contributed by atoms with E-state index in [1.165, 1.54) is 6.33 Å². The molecule has 0 N–H and O–H groups in total. The van der Waals surface area contributed by atoms with Crippen molar-refractivity contribution in [3.63, 3.8) is 0 Å². The van der Waals surface area contributed by atoms with Crippen LogP contribution in [-0.2, 0) is 0 Å². The molecule has 17 heavy (non-hydrogen) atoms. The molecule has 2 rings (SSSR count). The minimum absolute atomic E-state index is 0.00986. The maximum absolute atomic E-state index is 12.2. The third-order valence-corrected chi connectivity index (χ3v) is 3.22. The molecule has 1 aliphatic rings. The highest BCUT2D eigenvalue weighted by Crippen LogP contribution is 2.12. The number of aromatic nitrogens is 2. The molecular weight excluding hydrogens is 216 g/mol. The fraction of sp³-hybridized carbons (Fsp3) is 0.583. The van der Waals surface area contributed by atoms with E-state index < -0.39 is 0 Å². The van der Waals surface area contributed by atoms with E-state index >= 15 is 0 Å². The zero-order valence-electron chi connectivity index (χ0n) is 10.3. The zero-order valence-corrected chi connectivity index (χ0v) is 10.3. The predicted molar refractivity (Wildman–Crippen MR) is 64.6 cm³/mol. The van der Waals surface area contributed by atoms with Crippen molar-refractivity contribution in [2.45, 2.75) is 19.9 Å². The van der Waals surface area contributed by atoms with Gasteiger partial charge in [0.25, 0.3) is 5.91 Å². The summed E-state index contributed by atoms with van der Waals surface area (Å²) in [5.74, 6) is 0.00986. The second-order valence-electron chi connectivity index (χ2n) is 4.34. The van der Waals surface area contributed by atoms with E-state index in [1.807, 2.05) is 4.90 Å². The van der Waals surface area contributed by atoms with E-state index in [0.29, 0.717) is 5.69 Å². The second-order valence-corrected chi connectivity index (χ2v) is 4.34. The van der Waals surface area contributed by atoms with Gasteiger partial charge < -0.3 is 4.90 Å². The summed E-state index contributed by atoms with van der Waals surface area (Å²) in [7, 11) is 0. The van der Waals surface area contributed by atoms with Gasteiger partial charge >= 0.3 is 0 Å². The normalized spacial score (nSPS) is 21.5. The van der Waals surface area contributed by atoms with Gasteiger partial charge in [-0.15, -0.1) is 0 Å². The topological polar surface area (TPSA) is 49.3 Å². The highest BCUT2D eigenvalue weighted by atomic mass is 16.2. The van der Waals surface area contributed by atoms with Crippen molar-refractivity contribution in [2.75, 3.05) is 26.2 Å². The maximum Gasteiger partial charge on any atom is 0.272 e. The second kappa shape index (κ2) is 5.23. The molecule has 0 radical (unpaired) electrons. The summed E-state index contributed by atoms with van der Waals surface area (Å²) in [6.07, 6.45) is 3.02. The lowest BCUT2D eigenvalue weighted by atomic mass is 10.1. The van der Waals surface area contributed by atoms with Crippen LogP contribution in [0.1, 0.15) is 24.3 Å². The molecule has 5 heteroatoms. The Morgan fingerprint density at radius 2 is 2.35 bits per heavy atom. The first-order valence-corrected chi connectivity index (χ1v) is 6.01. The van der Waals surface area contributed by atoms with Crippen LogP contribution in [-0.4, -0.2) is 57.9 Å². The Kier molecular flexibility index (Phi) is 3.68. The molecule has 5 nitrogen and oxygen atoms in total. The summed E-state index contributed by atoms with van der Waals surface area (Å²) in [5, 5.41) is 0. The van der Waals surface area contributed by atoms with Crippen LogP contribution in [0.2, 0.25) is 0 Å². The molecule has 1 atom stereocenters. The van der Waals surface area contributed by atoms with Gasteiger partial charge in [-0.1, -0.05) is 6.92 Å². The predicted octanol–water partition coefficient (Wildman–Crippen LogP) is 0.643. The van der Waals surface area contributed by atoms with Gasteiger partial charge in [-0.25, -0.2) is 9.97 Å². The quantitative estimate of drug-likeness (QED) is 0.753. The Morgan fingerprint density at radius 1 is 1.53 bits per heavy atom. The van der Waals surface area contributed by atoms with Crippen LogP contribution in [0.3, 0.4) is 0 Å². The Morgan fingerprint density at radius 3 is 2.94 bits per heavy atom. The zero-order chi connectivity index (χ0) is 12.3. The Labute approximate surface area is 101 Å². The Hall–Kier alpha value is -1.49. The van der Waals surface area contributed by atoms with Gasteiger partial charge in [-0.05, 0) is 19.5 Å². The van der Waals surface area contributed by atoms with Crippen LogP contribution in [0.25, 0.3) is 0 Å². The molecule has 0 saturated carbocycles. The van der Waals surface area contributed by atoms with E-state index in [4.69, 9.17) is 0 Å². The average Bonchev–Trinajstić information content (AvgIpc) is 2.39. The van der Waals surface area contributed by atoms with Crippen molar-refractivity contribution in [2.24, 2.45) is 0 Å². The largest absolute Gasteiger partial charge is 0.332 e. The lowest BCUT2D eigenvalue weighted by Crippen LogP contribution is -2.53. The number of hydrogen-bond acceptors (Lipinski definition) is 4. The van der Waals surface area contributed by atoms with Crippen molar-refractivity contribution in [1.29, 1.82) is 0 Å². The average molecular weight is 234 g/mol. The smallest absolute Gasteiger partial charge is 0.272 e. The van der Waals surface area contributed by atoms with Gasteiger partial charge in [0, 0.05) is 31.9 Å². The summed E-state index contributed by atoms with van der Waals surface area (Å²) < 4.78 is 0. The number of amides is 1. The molecule has 92 valence electrons. The molecule has 0 unspecified atom stereocenters. The molecule has 0 spiro atoms. The number of hydrogen-bond donors (Lipinski definition) is 0. The minimum atomic E-state index is 0.00986. The van der Waals surface area contributed by atoms with Crippen LogP contribution in [0.4, 0.5) is 0 Å².